The van der Waals surface area contributed by atoms with Crippen LogP contribution >= 0.6 is 0 Å². The molecule has 4 aromatic rings. The van der Waals surface area contributed by atoms with Crippen molar-refractivity contribution in [3.05, 3.63) is 119 Å². The molecule has 0 aliphatic carbocycles. The van der Waals surface area contributed by atoms with Crippen LogP contribution in [0.15, 0.2) is 97.1 Å². The molecule has 2 fully saturated rings. The van der Waals surface area contributed by atoms with E-state index in [1.54, 1.807) is 6.92 Å². The molecule has 2 saturated heterocycles. The topological polar surface area (TPSA) is 82.2 Å². The summed E-state index contributed by atoms with van der Waals surface area (Å²) in [6, 6.07) is 22.2. The van der Waals surface area contributed by atoms with Crippen LogP contribution in [0.1, 0.15) is 41.0 Å². The summed E-state index contributed by atoms with van der Waals surface area (Å²) >= 11 is 0. The van der Waals surface area contributed by atoms with Gasteiger partial charge in [-0.1, -0.05) is 48.5 Å². The molecule has 4 aromatic carbocycles. The quantitative estimate of drug-likeness (QED) is 0.1000. The van der Waals surface area contributed by atoms with Crippen molar-refractivity contribution in [2.24, 2.45) is 0 Å². The van der Waals surface area contributed by atoms with E-state index >= 15 is 0 Å². The van der Waals surface area contributed by atoms with Crippen LogP contribution in [0.3, 0.4) is 0 Å². The summed E-state index contributed by atoms with van der Waals surface area (Å²) in [5, 5.41) is 10.4. The van der Waals surface area contributed by atoms with Crippen LogP contribution < -0.4 is 18.9 Å². The zero-order chi connectivity index (χ0) is 35.5. The van der Waals surface area contributed by atoms with E-state index in [2.05, 4.69) is 0 Å². The van der Waals surface area contributed by atoms with E-state index in [1.165, 1.54) is 97.1 Å². The summed E-state index contributed by atoms with van der Waals surface area (Å²) in [4.78, 5) is 0. The highest BCUT2D eigenvalue weighted by molar-refractivity contribution is 5.41. The van der Waals surface area contributed by atoms with E-state index in [1.807, 2.05) is 0 Å². The standard InChI is InChI=1S/C37H34F6O7/c1-35(22-49-35)50-31-16-8-26(9-17-31)34(37(41,42)43)24-4-12-29(13-5-24)46-19-27(44)18-45-28-10-2-23(3-11-28)33(36(38,39)40)25-6-14-30(15-7-25)47-20-32-21-48-32/h2-17,27,32-34,44H,18-22H2,1H3. The molecular formula is C37H34F6O7. The molecule has 5 atom stereocenters. The van der Waals surface area contributed by atoms with Crippen LogP contribution in [0.2, 0.25) is 0 Å². The molecule has 5 unspecified atom stereocenters. The van der Waals surface area contributed by atoms with Gasteiger partial charge in [0.25, 0.3) is 0 Å². The summed E-state index contributed by atoms with van der Waals surface area (Å²) in [5.41, 5.74) is 0.0963. The third-order valence-corrected chi connectivity index (χ3v) is 8.12. The molecular weight excluding hydrogens is 670 g/mol. The van der Waals surface area contributed by atoms with E-state index in [9.17, 15) is 31.4 Å². The predicted molar refractivity (Wildman–Crippen MR) is 169 cm³/mol. The van der Waals surface area contributed by atoms with Gasteiger partial charge in [-0.2, -0.15) is 26.3 Å². The smallest absolute Gasteiger partial charge is 0.399 e. The summed E-state index contributed by atoms with van der Waals surface area (Å²) < 4.78 is 117. The maximum Gasteiger partial charge on any atom is 0.399 e. The number of hydrogen-bond acceptors (Lipinski definition) is 7. The van der Waals surface area contributed by atoms with Crippen LogP contribution in [0.5, 0.6) is 23.0 Å². The van der Waals surface area contributed by atoms with Crippen molar-refractivity contribution < 1.29 is 59.9 Å². The Morgan fingerprint density at radius 2 is 0.980 bits per heavy atom. The first-order chi connectivity index (χ1) is 23.8. The summed E-state index contributed by atoms with van der Waals surface area (Å²) in [5.74, 6) is -3.19. The maximum absolute atomic E-state index is 14.1. The Hall–Kier alpha value is -4.46. The van der Waals surface area contributed by atoms with Gasteiger partial charge in [-0.25, -0.2) is 0 Å². The minimum absolute atomic E-state index is 0.00142. The third-order valence-electron chi connectivity index (χ3n) is 8.12. The number of rotatable bonds is 15. The minimum Gasteiger partial charge on any atom is -0.491 e. The molecule has 0 radical (unpaired) electrons. The fourth-order valence-electron chi connectivity index (χ4n) is 5.33. The predicted octanol–water partition coefficient (Wildman–Crippen LogP) is 7.80. The fourth-order valence-corrected chi connectivity index (χ4v) is 5.33. The Morgan fingerprint density at radius 1 is 0.640 bits per heavy atom. The Bertz CT molecular complexity index is 1680. The van der Waals surface area contributed by atoms with Gasteiger partial charge in [0.15, 0.2) is 0 Å². The van der Waals surface area contributed by atoms with Crippen LogP contribution in [-0.4, -0.2) is 68.5 Å². The van der Waals surface area contributed by atoms with Gasteiger partial charge in [0.05, 0.1) is 6.61 Å². The monoisotopic (exact) mass is 704 g/mol. The van der Waals surface area contributed by atoms with Gasteiger partial charge in [-0.15, -0.1) is 0 Å². The normalized spacial score (nSPS) is 20.4. The molecule has 0 aromatic heterocycles. The number of aliphatic hydroxyl groups is 1. The second kappa shape index (κ2) is 14.4. The van der Waals surface area contributed by atoms with Gasteiger partial charge in [0.2, 0.25) is 5.79 Å². The summed E-state index contributed by atoms with van der Waals surface area (Å²) in [6.07, 6.45) is -10.2. The van der Waals surface area contributed by atoms with Crippen LogP contribution in [-0.2, 0) is 9.47 Å². The molecule has 0 amide bonds. The molecule has 6 rings (SSSR count). The van der Waals surface area contributed by atoms with Gasteiger partial charge >= 0.3 is 12.4 Å². The van der Waals surface area contributed by atoms with E-state index in [0.717, 1.165) is 0 Å². The molecule has 2 heterocycles. The number of alkyl halides is 6. The number of aliphatic hydroxyl groups excluding tert-OH is 1. The average Bonchev–Trinajstić information content (AvgIpc) is 4.02. The molecule has 2 aliphatic heterocycles. The van der Waals surface area contributed by atoms with Crippen molar-refractivity contribution in [3.63, 3.8) is 0 Å². The lowest BCUT2D eigenvalue weighted by Crippen LogP contribution is -2.25. The second-order valence-corrected chi connectivity index (χ2v) is 12.3. The Labute approximate surface area is 284 Å². The minimum atomic E-state index is -4.57. The average molecular weight is 705 g/mol. The van der Waals surface area contributed by atoms with Crippen molar-refractivity contribution in [1.82, 2.24) is 0 Å². The van der Waals surface area contributed by atoms with Crippen molar-refractivity contribution in [3.8, 4) is 23.0 Å². The van der Waals surface area contributed by atoms with Gasteiger partial charge < -0.3 is 33.5 Å². The zero-order valence-corrected chi connectivity index (χ0v) is 26.7. The molecule has 7 nitrogen and oxygen atoms in total. The molecule has 0 spiro atoms. The lowest BCUT2D eigenvalue weighted by molar-refractivity contribution is -0.142. The van der Waals surface area contributed by atoms with Crippen LogP contribution in [0, 0.1) is 0 Å². The van der Waals surface area contributed by atoms with Gasteiger partial charge in [-0.05, 0) is 70.8 Å². The largest absolute Gasteiger partial charge is 0.491 e. The van der Waals surface area contributed by atoms with Gasteiger partial charge in [0.1, 0.15) is 73.5 Å². The molecule has 0 bridgehead atoms. The SMILES string of the molecule is CC1(Oc2ccc(C(c3ccc(OCC(O)COc4ccc(C(c5ccc(OCC6CO6)cc5)C(F)(F)F)cc4)cc3)C(F)(F)F)cc2)CO1. The Balaban J connectivity index is 1.00. The molecule has 266 valence electrons. The number of halogens is 6. The molecule has 0 saturated carbocycles. The summed E-state index contributed by atoms with van der Waals surface area (Å²) in [7, 11) is 0. The molecule has 50 heavy (non-hydrogen) atoms. The molecule has 13 heteroatoms. The van der Waals surface area contributed by atoms with E-state index < -0.39 is 36.1 Å². The van der Waals surface area contributed by atoms with E-state index in [4.69, 9.17) is 28.4 Å². The lowest BCUT2D eigenvalue weighted by atomic mass is 9.90. The van der Waals surface area contributed by atoms with Gasteiger partial charge in [0, 0.05) is 6.92 Å². The number of ether oxygens (including phenoxy) is 6. The number of benzene rings is 4. The first-order valence-corrected chi connectivity index (χ1v) is 15.8. The van der Waals surface area contributed by atoms with Crippen molar-refractivity contribution >= 4 is 0 Å². The molecule has 2 aliphatic rings. The van der Waals surface area contributed by atoms with Crippen LogP contribution in [0.4, 0.5) is 26.3 Å². The Kier molecular flexibility index (Phi) is 10.2. The van der Waals surface area contributed by atoms with Crippen LogP contribution in [0.25, 0.3) is 0 Å². The highest BCUT2D eigenvalue weighted by atomic mass is 19.4. The van der Waals surface area contributed by atoms with Crippen molar-refractivity contribution in [2.75, 3.05) is 33.0 Å². The third kappa shape index (κ3) is 9.40. The first kappa shape index (κ1) is 35.4. The van der Waals surface area contributed by atoms with Crippen molar-refractivity contribution in [1.29, 1.82) is 0 Å². The van der Waals surface area contributed by atoms with Gasteiger partial charge in [-0.3, -0.25) is 0 Å². The summed E-state index contributed by atoms with van der Waals surface area (Å²) in [6.45, 7) is 2.61. The zero-order valence-electron chi connectivity index (χ0n) is 26.7. The fraction of sp³-hybridized carbons (Fsp3) is 0.351. The number of hydrogen-bond donors (Lipinski definition) is 1. The lowest BCUT2D eigenvalue weighted by Gasteiger charge is -2.22. The Morgan fingerprint density at radius 3 is 1.30 bits per heavy atom. The second-order valence-electron chi connectivity index (χ2n) is 12.3. The first-order valence-electron chi connectivity index (χ1n) is 15.8. The van der Waals surface area contributed by atoms with E-state index in [-0.39, 0.29) is 53.1 Å². The van der Waals surface area contributed by atoms with Crippen molar-refractivity contribution in [2.45, 2.75) is 49.1 Å². The number of epoxide rings is 2. The highest BCUT2D eigenvalue weighted by Gasteiger charge is 2.44. The maximum atomic E-state index is 14.1. The highest BCUT2D eigenvalue weighted by Crippen LogP contribution is 2.42. The van der Waals surface area contributed by atoms with E-state index in [0.29, 0.717) is 31.3 Å². The molecule has 1 N–H and O–H groups in total.